The van der Waals surface area contributed by atoms with E-state index in [0.29, 0.717) is 11.3 Å². The van der Waals surface area contributed by atoms with Gasteiger partial charge in [0.15, 0.2) is 6.10 Å². The number of hydrogen-bond acceptors (Lipinski definition) is 5. The Labute approximate surface area is 163 Å². The van der Waals surface area contributed by atoms with Crippen LogP contribution in [0.15, 0.2) is 48.5 Å². The van der Waals surface area contributed by atoms with Crippen molar-refractivity contribution < 1.29 is 23.8 Å². The van der Waals surface area contributed by atoms with E-state index in [9.17, 15) is 9.59 Å². The number of rotatable bonds is 8. The molecule has 0 spiro atoms. The number of carbonyl (C=O) groups is 2. The Balaban J connectivity index is 1.54. The molecule has 1 unspecified atom stereocenters. The summed E-state index contributed by atoms with van der Waals surface area (Å²) in [5.74, 6) is 0.657. The molecule has 1 atom stereocenters. The number of H-pyrrole nitrogens is 1. The Morgan fingerprint density at radius 1 is 1.04 bits per heavy atom. The molecule has 0 aliphatic rings. The van der Waals surface area contributed by atoms with Crippen molar-refractivity contribution in [1.82, 2.24) is 4.98 Å². The van der Waals surface area contributed by atoms with Gasteiger partial charge in [-0.15, -0.1) is 0 Å². The number of para-hydroxylation sites is 1. The molecular formula is C22H23NO5. The van der Waals surface area contributed by atoms with Crippen LogP contribution in [0, 0.1) is 6.92 Å². The second kappa shape index (κ2) is 8.61. The highest BCUT2D eigenvalue weighted by atomic mass is 16.5. The Kier molecular flexibility index (Phi) is 5.99. The quantitative estimate of drug-likeness (QED) is 0.470. The molecule has 3 rings (SSSR count). The number of fused-ring (bicyclic) bond motifs is 1. The van der Waals surface area contributed by atoms with Crippen LogP contribution < -0.4 is 9.47 Å². The largest absolute Gasteiger partial charge is 0.497 e. The van der Waals surface area contributed by atoms with Crippen molar-refractivity contribution in [3.05, 3.63) is 59.8 Å². The van der Waals surface area contributed by atoms with Crippen LogP contribution in [0.2, 0.25) is 0 Å². The van der Waals surface area contributed by atoms with Crippen LogP contribution in [0.3, 0.4) is 0 Å². The predicted molar refractivity (Wildman–Crippen MR) is 106 cm³/mol. The molecule has 0 aliphatic carbocycles. The van der Waals surface area contributed by atoms with Crippen LogP contribution in [-0.2, 0) is 9.53 Å². The molecule has 6 nitrogen and oxygen atoms in total. The van der Waals surface area contributed by atoms with Crippen LogP contribution >= 0.6 is 0 Å². The number of benzene rings is 2. The van der Waals surface area contributed by atoms with E-state index in [1.54, 1.807) is 38.3 Å². The number of ether oxygens (including phenoxy) is 3. The SMILES string of the molecule is COc1ccc(OCCC(=O)OC(C)C(=O)c2c(C)[nH]c3ccccc23)cc1. The van der Waals surface area contributed by atoms with Crippen molar-refractivity contribution in [3.8, 4) is 11.5 Å². The minimum Gasteiger partial charge on any atom is -0.497 e. The average Bonchev–Trinajstić information content (AvgIpc) is 3.03. The smallest absolute Gasteiger partial charge is 0.309 e. The number of methoxy groups -OCH3 is 1. The molecule has 3 aromatic rings. The monoisotopic (exact) mass is 381 g/mol. The van der Waals surface area contributed by atoms with Gasteiger partial charge in [-0.3, -0.25) is 9.59 Å². The van der Waals surface area contributed by atoms with Gasteiger partial charge >= 0.3 is 5.97 Å². The van der Waals surface area contributed by atoms with Gasteiger partial charge < -0.3 is 19.2 Å². The molecule has 1 aromatic heterocycles. The lowest BCUT2D eigenvalue weighted by Crippen LogP contribution is -2.25. The van der Waals surface area contributed by atoms with Gasteiger partial charge in [-0.1, -0.05) is 18.2 Å². The van der Waals surface area contributed by atoms with E-state index in [0.717, 1.165) is 22.3 Å². The lowest BCUT2D eigenvalue weighted by molar-refractivity contribution is -0.146. The standard InChI is InChI=1S/C22H23NO5/c1-14-21(18-6-4-5-7-19(18)23-14)22(25)15(2)28-20(24)12-13-27-17-10-8-16(26-3)9-11-17/h4-11,15,23H,12-13H2,1-3H3. The molecule has 1 heterocycles. The lowest BCUT2D eigenvalue weighted by atomic mass is 10.0. The number of hydrogen-bond donors (Lipinski definition) is 1. The van der Waals surface area contributed by atoms with Gasteiger partial charge in [0, 0.05) is 22.2 Å². The second-order valence-electron chi connectivity index (χ2n) is 6.44. The van der Waals surface area contributed by atoms with E-state index in [4.69, 9.17) is 14.2 Å². The molecule has 6 heteroatoms. The van der Waals surface area contributed by atoms with Crippen LogP contribution in [0.5, 0.6) is 11.5 Å². The number of esters is 1. The molecule has 28 heavy (non-hydrogen) atoms. The Morgan fingerprint density at radius 3 is 2.43 bits per heavy atom. The van der Waals surface area contributed by atoms with E-state index in [2.05, 4.69) is 4.98 Å². The first-order chi connectivity index (χ1) is 13.5. The van der Waals surface area contributed by atoms with Gasteiger partial charge in [0.05, 0.1) is 20.1 Å². The number of aromatic nitrogens is 1. The summed E-state index contributed by atoms with van der Waals surface area (Å²) in [7, 11) is 1.59. The van der Waals surface area contributed by atoms with Crippen LogP contribution in [0.4, 0.5) is 0 Å². The summed E-state index contributed by atoms with van der Waals surface area (Å²) in [6, 6.07) is 14.6. The Hall–Kier alpha value is -3.28. The third kappa shape index (κ3) is 4.34. The average molecular weight is 381 g/mol. The minimum absolute atomic E-state index is 0.0521. The molecule has 0 aliphatic heterocycles. The molecule has 0 radical (unpaired) electrons. The van der Waals surface area contributed by atoms with E-state index in [-0.39, 0.29) is 18.8 Å². The number of nitrogens with one attached hydrogen (secondary N) is 1. The summed E-state index contributed by atoms with van der Waals surface area (Å²) in [4.78, 5) is 28.1. The van der Waals surface area contributed by atoms with Crippen molar-refractivity contribution in [3.63, 3.8) is 0 Å². The van der Waals surface area contributed by atoms with Crippen LogP contribution in [0.25, 0.3) is 10.9 Å². The zero-order valence-electron chi connectivity index (χ0n) is 16.2. The highest BCUT2D eigenvalue weighted by Crippen LogP contribution is 2.24. The van der Waals surface area contributed by atoms with Crippen molar-refractivity contribution in [2.45, 2.75) is 26.4 Å². The number of aryl methyl sites for hydroxylation is 1. The maximum atomic E-state index is 12.8. The van der Waals surface area contributed by atoms with Crippen molar-refractivity contribution in [1.29, 1.82) is 0 Å². The summed E-state index contributed by atoms with van der Waals surface area (Å²) >= 11 is 0. The molecule has 1 N–H and O–H groups in total. The summed E-state index contributed by atoms with van der Waals surface area (Å²) in [6.07, 6.45) is -0.817. The molecular weight excluding hydrogens is 358 g/mol. The van der Waals surface area contributed by atoms with Gasteiger partial charge in [-0.05, 0) is 44.2 Å². The highest BCUT2D eigenvalue weighted by molar-refractivity contribution is 6.11. The van der Waals surface area contributed by atoms with Crippen LogP contribution in [0.1, 0.15) is 29.4 Å². The van der Waals surface area contributed by atoms with Crippen molar-refractivity contribution in [2.24, 2.45) is 0 Å². The summed E-state index contributed by atoms with van der Waals surface area (Å²) in [5.41, 5.74) is 2.21. The molecule has 0 saturated carbocycles. The van der Waals surface area contributed by atoms with Gasteiger partial charge in [0.1, 0.15) is 11.5 Å². The zero-order chi connectivity index (χ0) is 20.1. The first kappa shape index (κ1) is 19.5. The van der Waals surface area contributed by atoms with E-state index in [1.807, 2.05) is 31.2 Å². The fourth-order valence-electron chi connectivity index (χ4n) is 3.03. The second-order valence-corrected chi connectivity index (χ2v) is 6.44. The first-order valence-electron chi connectivity index (χ1n) is 9.07. The normalized spacial score (nSPS) is 11.8. The molecule has 0 saturated heterocycles. The third-order valence-electron chi connectivity index (χ3n) is 4.45. The zero-order valence-corrected chi connectivity index (χ0v) is 16.2. The fourth-order valence-corrected chi connectivity index (χ4v) is 3.03. The predicted octanol–water partition coefficient (Wildman–Crippen LogP) is 4.07. The van der Waals surface area contributed by atoms with Gasteiger partial charge in [-0.2, -0.15) is 0 Å². The molecule has 2 aromatic carbocycles. The fraction of sp³-hybridized carbons (Fsp3) is 0.273. The first-order valence-corrected chi connectivity index (χ1v) is 9.07. The summed E-state index contributed by atoms with van der Waals surface area (Å²) < 4.78 is 15.9. The highest BCUT2D eigenvalue weighted by Gasteiger charge is 2.24. The maximum Gasteiger partial charge on any atom is 0.309 e. The molecule has 146 valence electrons. The third-order valence-corrected chi connectivity index (χ3v) is 4.45. The molecule has 0 amide bonds. The Morgan fingerprint density at radius 2 is 1.71 bits per heavy atom. The lowest BCUT2D eigenvalue weighted by Gasteiger charge is -2.13. The van der Waals surface area contributed by atoms with Crippen molar-refractivity contribution in [2.75, 3.05) is 13.7 Å². The minimum atomic E-state index is -0.869. The Bertz CT molecular complexity index is 974. The maximum absolute atomic E-state index is 12.8. The van der Waals surface area contributed by atoms with Gasteiger partial charge in [0.2, 0.25) is 5.78 Å². The number of aromatic amines is 1. The van der Waals surface area contributed by atoms with Gasteiger partial charge in [0.25, 0.3) is 0 Å². The number of ketones is 1. The van der Waals surface area contributed by atoms with Crippen molar-refractivity contribution >= 4 is 22.7 Å². The molecule has 0 bridgehead atoms. The van der Waals surface area contributed by atoms with E-state index in [1.165, 1.54) is 0 Å². The van der Waals surface area contributed by atoms with E-state index < -0.39 is 12.1 Å². The topological polar surface area (TPSA) is 77.6 Å². The molecule has 0 fully saturated rings. The van der Waals surface area contributed by atoms with Crippen LogP contribution in [-0.4, -0.2) is 36.6 Å². The number of Topliss-reactive ketones (excluding diaryl/α,β-unsaturated/α-hetero) is 1. The number of carbonyl (C=O) groups excluding carboxylic acids is 2. The van der Waals surface area contributed by atoms with E-state index >= 15 is 0 Å². The summed E-state index contributed by atoms with van der Waals surface area (Å²) in [5, 5.41) is 0.829. The summed E-state index contributed by atoms with van der Waals surface area (Å²) in [6.45, 7) is 3.59. The van der Waals surface area contributed by atoms with Gasteiger partial charge in [-0.25, -0.2) is 0 Å².